The summed E-state index contributed by atoms with van der Waals surface area (Å²) in [5.74, 6) is -0.0966. The second-order valence-corrected chi connectivity index (χ2v) is 2.96. The molecular formula is C11H10N2O2. The number of methoxy groups -OCH3 is 1. The number of benzene rings is 1. The molecule has 1 aromatic carbocycles. The Hall–Kier alpha value is -2.10. The van der Waals surface area contributed by atoms with Crippen LogP contribution in [0.3, 0.4) is 0 Å². The van der Waals surface area contributed by atoms with Crippen LogP contribution in [0.15, 0.2) is 36.4 Å². The smallest absolute Gasteiger partial charge is 0.320 e. The van der Waals surface area contributed by atoms with Crippen molar-refractivity contribution in [2.45, 2.75) is 0 Å². The molecule has 0 unspecified atom stereocenters. The minimum Gasteiger partial charge on any atom is -0.493 e. The van der Waals surface area contributed by atoms with Gasteiger partial charge in [-0.15, -0.1) is 0 Å². The van der Waals surface area contributed by atoms with Gasteiger partial charge in [0.05, 0.1) is 12.8 Å². The number of hydrogen-bond acceptors (Lipinski definition) is 4. The Morgan fingerprint density at radius 2 is 1.87 bits per heavy atom. The molecule has 0 bridgehead atoms. The molecule has 0 aliphatic rings. The molecule has 1 heterocycles. The molecule has 4 nitrogen and oxygen atoms in total. The van der Waals surface area contributed by atoms with E-state index in [-0.39, 0.29) is 11.9 Å². The summed E-state index contributed by atoms with van der Waals surface area (Å²) < 4.78 is 4.87. The fourth-order valence-corrected chi connectivity index (χ4v) is 1.26. The van der Waals surface area contributed by atoms with Crippen LogP contribution in [0, 0.1) is 0 Å². The molecule has 0 saturated carbocycles. The number of hydrogen-bond donors (Lipinski definition) is 1. The average molecular weight is 202 g/mol. The molecule has 0 aliphatic carbocycles. The second kappa shape index (κ2) is 3.96. The van der Waals surface area contributed by atoms with Crippen LogP contribution >= 0.6 is 0 Å². The molecule has 4 heteroatoms. The standard InChI is InChI=1S/C11H10N2O2/c1-15-11-12-9(7-10(14)13-11)8-5-3-2-4-6-8/h2-7H,1H3,(H,12,13,14). The summed E-state index contributed by atoms with van der Waals surface area (Å²) in [5, 5.41) is 9.36. The Bertz CT molecular complexity index is 457. The third-order valence-electron chi connectivity index (χ3n) is 1.94. The lowest BCUT2D eigenvalue weighted by molar-refractivity contribution is 0.364. The minimum absolute atomic E-state index is 0.0966. The van der Waals surface area contributed by atoms with E-state index in [9.17, 15) is 5.11 Å². The van der Waals surface area contributed by atoms with Gasteiger partial charge >= 0.3 is 6.01 Å². The maximum absolute atomic E-state index is 9.36. The average Bonchev–Trinajstić information content (AvgIpc) is 2.29. The van der Waals surface area contributed by atoms with Gasteiger partial charge in [0, 0.05) is 11.6 Å². The quantitative estimate of drug-likeness (QED) is 0.807. The van der Waals surface area contributed by atoms with Crippen molar-refractivity contribution >= 4 is 0 Å². The molecular weight excluding hydrogens is 192 g/mol. The Morgan fingerprint density at radius 3 is 2.53 bits per heavy atom. The maximum Gasteiger partial charge on any atom is 0.320 e. The monoisotopic (exact) mass is 202 g/mol. The third kappa shape index (κ3) is 2.04. The molecule has 0 spiro atoms. The van der Waals surface area contributed by atoms with Crippen LogP contribution in [0.25, 0.3) is 11.3 Å². The molecule has 1 aromatic heterocycles. The SMILES string of the molecule is COc1nc(O)cc(-c2ccccc2)n1. The topological polar surface area (TPSA) is 55.2 Å². The summed E-state index contributed by atoms with van der Waals surface area (Å²) in [6.45, 7) is 0. The summed E-state index contributed by atoms with van der Waals surface area (Å²) >= 11 is 0. The molecule has 0 atom stereocenters. The first kappa shape index (κ1) is 9.45. The zero-order chi connectivity index (χ0) is 10.7. The number of aromatic nitrogens is 2. The van der Waals surface area contributed by atoms with Crippen molar-refractivity contribution in [3.8, 4) is 23.1 Å². The van der Waals surface area contributed by atoms with Crippen LogP contribution in [0.4, 0.5) is 0 Å². The number of nitrogens with zero attached hydrogens (tertiary/aromatic N) is 2. The highest BCUT2D eigenvalue weighted by atomic mass is 16.5. The van der Waals surface area contributed by atoms with Crippen LogP contribution in [-0.2, 0) is 0 Å². The zero-order valence-electron chi connectivity index (χ0n) is 8.21. The van der Waals surface area contributed by atoms with Gasteiger partial charge in [0.15, 0.2) is 0 Å². The lowest BCUT2D eigenvalue weighted by Gasteiger charge is -2.03. The van der Waals surface area contributed by atoms with E-state index in [4.69, 9.17) is 4.74 Å². The molecule has 0 aliphatic heterocycles. The van der Waals surface area contributed by atoms with Crippen molar-refractivity contribution in [2.24, 2.45) is 0 Å². The van der Waals surface area contributed by atoms with E-state index in [0.717, 1.165) is 5.56 Å². The summed E-state index contributed by atoms with van der Waals surface area (Å²) in [7, 11) is 1.46. The Labute approximate surface area is 87.2 Å². The van der Waals surface area contributed by atoms with Crippen LogP contribution in [-0.4, -0.2) is 22.2 Å². The van der Waals surface area contributed by atoms with Gasteiger partial charge in [0.1, 0.15) is 0 Å². The van der Waals surface area contributed by atoms with E-state index < -0.39 is 0 Å². The highest BCUT2D eigenvalue weighted by Gasteiger charge is 2.05. The summed E-state index contributed by atoms with van der Waals surface area (Å²) in [5.41, 5.74) is 1.55. The molecule has 0 saturated heterocycles. The number of aromatic hydroxyl groups is 1. The van der Waals surface area contributed by atoms with Crippen LogP contribution < -0.4 is 4.74 Å². The lowest BCUT2D eigenvalue weighted by atomic mass is 10.1. The van der Waals surface area contributed by atoms with E-state index in [1.54, 1.807) is 0 Å². The Balaban J connectivity index is 2.49. The third-order valence-corrected chi connectivity index (χ3v) is 1.94. The molecule has 0 amide bonds. The van der Waals surface area contributed by atoms with Crippen molar-refractivity contribution < 1.29 is 9.84 Å². The van der Waals surface area contributed by atoms with Gasteiger partial charge in [-0.1, -0.05) is 30.3 Å². The van der Waals surface area contributed by atoms with Crippen LogP contribution in [0.1, 0.15) is 0 Å². The van der Waals surface area contributed by atoms with Crippen molar-refractivity contribution in [3.63, 3.8) is 0 Å². The first-order valence-electron chi connectivity index (χ1n) is 4.47. The van der Waals surface area contributed by atoms with Gasteiger partial charge in [-0.2, -0.15) is 9.97 Å². The Morgan fingerprint density at radius 1 is 1.13 bits per heavy atom. The largest absolute Gasteiger partial charge is 0.493 e. The highest BCUT2D eigenvalue weighted by Crippen LogP contribution is 2.21. The van der Waals surface area contributed by atoms with Gasteiger partial charge in [0.25, 0.3) is 0 Å². The second-order valence-electron chi connectivity index (χ2n) is 2.96. The van der Waals surface area contributed by atoms with E-state index in [2.05, 4.69) is 9.97 Å². The van der Waals surface area contributed by atoms with Crippen molar-refractivity contribution in [1.29, 1.82) is 0 Å². The first-order chi connectivity index (χ1) is 7.29. The fraction of sp³-hybridized carbons (Fsp3) is 0.0909. The summed E-state index contributed by atoms with van der Waals surface area (Å²) in [6, 6.07) is 11.2. The van der Waals surface area contributed by atoms with E-state index in [0.29, 0.717) is 5.69 Å². The molecule has 0 fully saturated rings. The predicted octanol–water partition coefficient (Wildman–Crippen LogP) is 1.86. The highest BCUT2D eigenvalue weighted by molar-refractivity contribution is 5.59. The van der Waals surface area contributed by atoms with Gasteiger partial charge in [-0.3, -0.25) is 0 Å². The van der Waals surface area contributed by atoms with Crippen molar-refractivity contribution in [2.75, 3.05) is 7.11 Å². The van der Waals surface area contributed by atoms with Gasteiger partial charge in [-0.05, 0) is 0 Å². The normalized spacial score (nSPS) is 9.93. The van der Waals surface area contributed by atoms with E-state index in [1.807, 2.05) is 30.3 Å². The molecule has 76 valence electrons. The van der Waals surface area contributed by atoms with Crippen LogP contribution in [0.2, 0.25) is 0 Å². The number of rotatable bonds is 2. The molecule has 0 radical (unpaired) electrons. The van der Waals surface area contributed by atoms with E-state index >= 15 is 0 Å². The van der Waals surface area contributed by atoms with Gasteiger partial charge in [-0.25, -0.2) is 0 Å². The van der Waals surface area contributed by atoms with Crippen LogP contribution in [0.5, 0.6) is 11.9 Å². The molecule has 2 aromatic rings. The first-order valence-corrected chi connectivity index (χ1v) is 4.47. The van der Waals surface area contributed by atoms with Crippen molar-refractivity contribution in [3.05, 3.63) is 36.4 Å². The van der Waals surface area contributed by atoms with Gasteiger partial charge < -0.3 is 9.84 Å². The zero-order valence-corrected chi connectivity index (χ0v) is 8.21. The summed E-state index contributed by atoms with van der Waals surface area (Å²) in [6.07, 6.45) is 0. The molecule has 1 N–H and O–H groups in total. The van der Waals surface area contributed by atoms with Crippen molar-refractivity contribution in [1.82, 2.24) is 9.97 Å². The molecule has 2 rings (SSSR count). The number of ether oxygens (including phenoxy) is 1. The fourth-order valence-electron chi connectivity index (χ4n) is 1.26. The van der Waals surface area contributed by atoms with Gasteiger partial charge in [0.2, 0.25) is 5.88 Å². The predicted molar refractivity (Wildman–Crippen MR) is 55.7 cm³/mol. The Kier molecular flexibility index (Phi) is 2.49. The summed E-state index contributed by atoms with van der Waals surface area (Å²) in [4.78, 5) is 7.83. The molecule has 15 heavy (non-hydrogen) atoms. The maximum atomic E-state index is 9.36. The minimum atomic E-state index is -0.0966. The van der Waals surface area contributed by atoms with E-state index in [1.165, 1.54) is 13.2 Å². The lowest BCUT2D eigenvalue weighted by Crippen LogP contribution is -1.93.